The number of benzene rings is 1. The molecule has 0 saturated carbocycles. The predicted octanol–water partition coefficient (Wildman–Crippen LogP) is 2.24. The van der Waals surface area contributed by atoms with Crippen LogP contribution in [-0.2, 0) is 0 Å². The molecule has 1 aromatic rings. The van der Waals surface area contributed by atoms with Crippen molar-refractivity contribution in [2.24, 2.45) is 0 Å². The van der Waals surface area contributed by atoms with Gasteiger partial charge in [-0.2, -0.15) is 0 Å². The summed E-state index contributed by atoms with van der Waals surface area (Å²) in [6.07, 6.45) is 1.81. The highest BCUT2D eigenvalue weighted by molar-refractivity contribution is 5.54. The van der Waals surface area contributed by atoms with E-state index < -0.39 is 0 Å². The van der Waals surface area contributed by atoms with Crippen molar-refractivity contribution < 1.29 is 0 Å². The molecule has 2 N–H and O–H groups in total. The molecule has 64 valence electrons. The van der Waals surface area contributed by atoms with Crippen LogP contribution in [0.1, 0.15) is 6.92 Å². The summed E-state index contributed by atoms with van der Waals surface area (Å²) in [7, 11) is 0. The second-order valence-corrected chi connectivity index (χ2v) is 2.56. The van der Waals surface area contributed by atoms with E-state index >= 15 is 0 Å². The van der Waals surface area contributed by atoms with E-state index in [4.69, 9.17) is 5.73 Å². The molecule has 0 amide bonds. The molecular formula is C10H14N2. The summed E-state index contributed by atoms with van der Waals surface area (Å²) < 4.78 is 0. The largest absolute Gasteiger partial charge is 0.399 e. The third kappa shape index (κ3) is 1.78. The maximum atomic E-state index is 5.57. The topological polar surface area (TPSA) is 29.3 Å². The van der Waals surface area contributed by atoms with Gasteiger partial charge in [0.05, 0.1) is 0 Å². The fraction of sp³-hybridized carbons (Fsp3) is 0.200. The van der Waals surface area contributed by atoms with Gasteiger partial charge in [0.15, 0.2) is 0 Å². The fourth-order valence-corrected chi connectivity index (χ4v) is 1.08. The van der Waals surface area contributed by atoms with Gasteiger partial charge in [0, 0.05) is 17.9 Å². The quantitative estimate of drug-likeness (QED) is 0.690. The van der Waals surface area contributed by atoms with Gasteiger partial charge < -0.3 is 10.6 Å². The minimum absolute atomic E-state index is 0.791. The Bertz CT molecular complexity index is 251. The molecule has 12 heavy (non-hydrogen) atoms. The van der Waals surface area contributed by atoms with E-state index in [0.29, 0.717) is 0 Å². The van der Waals surface area contributed by atoms with E-state index in [1.807, 2.05) is 30.5 Å². The Morgan fingerprint density at radius 2 is 2.00 bits per heavy atom. The lowest BCUT2D eigenvalue weighted by molar-refractivity contribution is 1.02. The van der Waals surface area contributed by atoms with E-state index in [9.17, 15) is 0 Å². The molecule has 0 spiro atoms. The lowest BCUT2D eigenvalue weighted by atomic mass is 10.2. The lowest BCUT2D eigenvalue weighted by Crippen LogP contribution is -2.13. The number of hydrogen-bond donors (Lipinski definition) is 1. The van der Waals surface area contributed by atoms with Crippen molar-refractivity contribution in [3.05, 3.63) is 37.0 Å². The van der Waals surface area contributed by atoms with Gasteiger partial charge in [-0.3, -0.25) is 0 Å². The molecule has 2 heteroatoms. The molecule has 1 aromatic carbocycles. The van der Waals surface area contributed by atoms with Crippen LogP contribution in [0.4, 0.5) is 11.4 Å². The number of nitrogen functional groups attached to an aromatic ring is 1. The molecule has 0 radical (unpaired) electrons. The van der Waals surface area contributed by atoms with Gasteiger partial charge in [0.2, 0.25) is 0 Å². The van der Waals surface area contributed by atoms with E-state index in [2.05, 4.69) is 18.4 Å². The molecule has 0 heterocycles. The summed E-state index contributed by atoms with van der Waals surface area (Å²) in [4.78, 5) is 2.06. The molecule has 0 aliphatic rings. The maximum Gasteiger partial charge on any atom is 0.0407 e. The number of nitrogens with zero attached hydrogens (tertiary/aromatic N) is 1. The van der Waals surface area contributed by atoms with Crippen molar-refractivity contribution in [3.8, 4) is 0 Å². The average molecular weight is 162 g/mol. The highest BCUT2D eigenvalue weighted by Gasteiger charge is 1.97. The molecular weight excluding hydrogens is 148 g/mol. The zero-order valence-electron chi connectivity index (χ0n) is 7.33. The summed E-state index contributed by atoms with van der Waals surface area (Å²) in [6, 6.07) is 7.75. The van der Waals surface area contributed by atoms with Crippen molar-refractivity contribution in [2.75, 3.05) is 17.2 Å². The van der Waals surface area contributed by atoms with E-state index in [0.717, 1.165) is 17.9 Å². The fourth-order valence-electron chi connectivity index (χ4n) is 1.08. The zero-order chi connectivity index (χ0) is 8.97. The molecule has 0 unspecified atom stereocenters. The zero-order valence-corrected chi connectivity index (χ0v) is 7.33. The first-order valence-corrected chi connectivity index (χ1v) is 4.02. The van der Waals surface area contributed by atoms with Crippen molar-refractivity contribution in [1.82, 2.24) is 0 Å². The van der Waals surface area contributed by atoms with Crippen molar-refractivity contribution in [1.29, 1.82) is 0 Å². The van der Waals surface area contributed by atoms with Gasteiger partial charge in [-0.15, -0.1) is 0 Å². The number of hydrogen-bond acceptors (Lipinski definition) is 2. The maximum absolute atomic E-state index is 5.57. The molecule has 0 aromatic heterocycles. The van der Waals surface area contributed by atoms with Crippen LogP contribution in [0.5, 0.6) is 0 Å². The van der Waals surface area contributed by atoms with Crippen molar-refractivity contribution in [3.63, 3.8) is 0 Å². The van der Waals surface area contributed by atoms with Crippen LogP contribution in [0.2, 0.25) is 0 Å². The summed E-state index contributed by atoms with van der Waals surface area (Å²) in [5.74, 6) is 0. The van der Waals surface area contributed by atoms with Crippen LogP contribution in [-0.4, -0.2) is 6.54 Å². The highest BCUT2D eigenvalue weighted by Crippen LogP contribution is 2.15. The van der Waals surface area contributed by atoms with Crippen LogP contribution in [0, 0.1) is 0 Å². The van der Waals surface area contributed by atoms with Gasteiger partial charge in [-0.05, 0) is 37.4 Å². The summed E-state index contributed by atoms with van der Waals surface area (Å²) in [5.41, 5.74) is 7.48. The Morgan fingerprint density at radius 1 is 1.42 bits per heavy atom. The van der Waals surface area contributed by atoms with E-state index in [-0.39, 0.29) is 0 Å². The predicted molar refractivity (Wildman–Crippen MR) is 54.1 cm³/mol. The van der Waals surface area contributed by atoms with Gasteiger partial charge in [-0.25, -0.2) is 0 Å². The molecule has 0 bridgehead atoms. The van der Waals surface area contributed by atoms with Gasteiger partial charge in [0.25, 0.3) is 0 Å². The standard InChI is InChI=1S/C10H14N2/c1-3-12(4-2)10-7-5-9(11)6-8-10/h3,5-8H,1,4,11H2,2H3. The molecule has 2 nitrogen and oxygen atoms in total. The number of anilines is 2. The number of nitrogens with two attached hydrogens (primary N) is 1. The average Bonchev–Trinajstić information content (AvgIpc) is 2.10. The summed E-state index contributed by atoms with van der Waals surface area (Å²) >= 11 is 0. The van der Waals surface area contributed by atoms with Crippen LogP contribution < -0.4 is 10.6 Å². The Kier molecular flexibility index (Phi) is 2.75. The Hall–Kier alpha value is -1.44. The van der Waals surface area contributed by atoms with E-state index in [1.54, 1.807) is 0 Å². The molecule has 0 fully saturated rings. The summed E-state index contributed by atoms with van der Waals surface area (Å²) in [5, 5.41) is 0. The van der Waals surface area contributed by atoms with Crippen LogP contribution >= 0.6 is 0 Å². The first kappa shape index (κ1) is 8.65. The van der Waals surface area contributed by atoms with Gasteiger partial charge in [-0.1, -0.05) is 6.58 Å². The molecule has 0 saturated heterocycles. The smallest absolute Gasteiger partial charge is 0.0407 e. The Morgan fingerprint density at radius 3 is 2.42 bits per heavy atom. The monoisotopic (exact) mass is 162 g/mol. The Labute approximate surface area is 73.3 Å². The highest BCUT2D eigenvalue weighted by atomic mass is 15.1. The number of rotatable bonds is 3. The minimum Gasteiger partial charge on any atom is -0.399 e. The van der Waals surface area contributed by atoms with Crippen LogP contribution in [0.25, 0.3) is 0 Å². The Balaban J connectivity index is 2.87. The van der Waals surface area contributed by atoms with Gasteiger partial charge >= 0.3 is 0 Å². The second kappa shape index (κ2) is 3.81. The van der Waals surface area contributed by atoms with Crippen molar-refractivity contribution in [2.45, 2.75) is 6.92 Å². The van der Waals surface area contributed by atoms with Crippen LogP contribution in [0.15, 0.2) is 37.0 Å². The molecule has 1 rings (SSSR count). The first-order valence-electron chi connectivity index (χ1n) is 4.02. The third-order valence-corrected chi connectivity index (χ3v) is 1.79. The van der Waals surface area contributed by atoms with Gasteiger partial charge in [0.1, 0.15) is 0 Å². The SMILES string of the molecule is C=CN(CC)c1ccc(N)cc1. The molecule has 0 atom stereocenters. The first-order chi connectivity index (χ1) is 5.77. The summed E-state index contributed by atoms with van der Waals surface area (Å²) in [6.45, 7) is 6.73. The minimum atomic E-state index is 0.791. The molecule has 0 aliphatic carbocycles. The van der Waals surface area contributed by atoms with E-state index in [1.165, 1.54) is 0 Å². The molecule has 0 aliphatic heterocycles. The lowest BCUT2D eigenvalue weighted by Gasteiger charge is -2.17. The third-order valence-electron chi connectivity index (χ3n) is 1.79. The second-order valence-electron chi connectivity index (χ2n) is 2.56. The normalized spacial score (nSPS) is 9.42. The van der Waals surface area contributed by atoms with Crippen LogP contribution in [0.3, 0.4) is 0 Å². The van der Waals surface area contributed by atoms with Crippen molar-refractivity contribution >= 4 is 11.4 Å².